The number of hydrogen-bond donors (Lipinski definition) is 0. The topological polar surface area (TPSA) is 51.2 Å². The summed E-state index contributed by atoms with van der Waals surface area (Å²) in [7, 11) is 0. The predicted octanol–water partition coefficient (Wildman–Crippen LogP) is 3.98. The Morgan fingerprint density at radius 1 is 1.04 bits per heavy atom. The Balaban J connectivity index is 1.69. The van der Waals surface area contributed by atoms with Crippen LogP contribution in [0.1, 0.15) is 72.1 Å². The van der Waals surface area contributed by atoms with Crippen LogP contribution < -0.4 is 0 Å². The molecular formula is C21H30O3. The molecule has 132 valence electrons. The van der Waals surface area contributed by atoms with Gasteiger partial charge in [0.1, 0.15) is 17.3 Å². The first-order valence-corrected chi connectivity index (χ1v) is 9.82. The molecule has 0 aliphatic heterocycles. The highest BCUT2D eigenvalue weighted by atomic mass is 16.1. The molecule has 0 amide bonds. The number of ketones is 3. The Morgan fingerprint density at radius 2 is 1.79 bits per heavy atom. The van der Waals surface area contributed by atoms with E-state index in [0.29, 0.717) is 48.6 Å². The van der Waals surface area contributed by atoms with Crippen molar-refractivity contribution in [1.82, 2.24) is 0 Å². The van der Waals surface area contributed by atoms with Crippen molar-refractivity contribution < 1.29 is 14.4 Å². The van der Waals surface area contributed by atoms with Gasteiger partial charge in [-0.1, -0.05) is 13.8 Å². The average molecular weight is 330 g/mol. The Bertz CT molecular complexity index is 608. The van der Waals surface area contributed by atoms with E-state index in [1.165, 1.54) is 0 Å². The minimum atomic E-state index is -0.113. The second-order valence-corrected chi connectivity index (χ2v) is 9.66. The van der Waals surface area contributed by atoms with Crippen molar-refractivity contribution >= 4 is 17.3 Å². The summed E-state index contributed by atoms with van der Waals surface area (Å²) >= 11 is 0. The van der Waals surface area contributed by atoms with Gasteiger partial charge in [0.2, 0.25) is 0 Å². The van der Waals surface area contributed by atoms with Gasteiger partial charge in [-0.25, -0.2) is 0 Å². The van der Waals surface area contributed by atoms with Crippen molar-refractivity contribution in [2.24, 2.45) is 40.4 Å². The fourth-order valence-electron chi connectivity index (χ4n) is 7.53. The van der Waals surface area contributed by atoms with Crippen molar-refractivity contribution in [3.8, 4) is 0 Å². The molecule has 0 N–H and O–H groups in total. The monoisotopic (exact) mass is 330 g/mol. The minimum Gasteiger partial charge on any atom is -0.300 e. The van der Waals surface area contributed by atoms with Gasteiger partial charge in [0.25, 0.3) is 0 Å². The fraction of sp³-hybridized carbons (Fsp3) is 0.857. The molecule has 0 aromatic rings. The summed E-state index contributed by atoms with van der Waals surface area (Å²) in [6, 6.07) is 0. The number of carbonyl (C=O) groups excluding carboxylic acids is 3. The zero-order chi connectivity index (χ0) is 17.3. The zero-order valence-electron chi connectivity index (χ0n) is 15.3. The summed E-state index contributed by atoms with van der Waals surface area (Å²) in [5, 5.41) is 0. The number of fused-ring (bicyclic) bond motifs is 5. The highest BCUT2D eigenvalue weighted by Gasteiger charge is 2.63. The van der Waals surface area contributed by atoms with Crippen LogP contribution in [0, 0.1) is 40.4 Å². The van der Waals surface area contributed by atoms with Crippen molar-refractivity contribution in [3.63, 3.8) is 0 Å². The standard InChI is InChI=1S/C21H30O3/c1-12(22)16-6-7-17-15-5-4-13-10-14(23)8-9-20(13,2)19(15)18(24)11-21(16,17)3/h13,15-17,19H,4-11H2,1-3H3/t13-,15-,16+,17-,19+,20+,21+/m1/s1. The molecule has 4 rings (SSSR count). The highest BCUT2D eigenvalue weighted by Crippen LogP contribution is 2.66. The van der Waals surface area contributed by atoms with E-state index >= 15 is 0 Å². The molecule has 7 atom stereocenters. The third-order valence-corrected chi connectivity index (χ3v) is 8.66. The van der Waals surface area contributed by atoms with E-state index in [1.54, 1.807) is 6.92 Å². The molecule has 3 nitrogen and oxygen atoms in total. The molecule has 4 aliphatic carbocycles. The molecule has 4 saturated carbocycles. The van der Waals surface area contributed by atoms with Crippen LogP contribution in [0.25, 0.3) is 0 Å². The summed E-state index contributed by atoms with van der Waals surface area (Å²) in [5.74, 6) is 2.63. The van der Waals surface area contributed by atoms with Crippen LogP contribution in [0.15, 0.2) is 0 Å². The average Bonchev–Trinajstić information content (AvgIpc) is 2.84. The van der Waals surface area contributed by atoms with Crippen molar-refractivity contribution in [3.05, 3.63) is 0 Å². The van der Waals surface area contributed by atoms with Crippen LogP contribution in [0.3, 0.4) is 0 Å². The van der Waals surface area contributed by atoms with Crippen LogP contribution in [0.5, 0.6) is 0 Å². The van der Waals surface area contributed by atoms with E-state index in [9.17, 15) is 14.4 Å². The summed E-state index contributed by atoms with van der Waals surface area (Å²) in [6.07, 6.45) is 7.05. The van der Waals surface area contributed by atoms with Gasteiger partial charge in [-0.3, -0.25) is 14.4 Å². The lowest BCUT2D eigenvalue weighted by Gasteiger charge is -2.59. The van der Waals surface area contributed by atoms with E-state index in [2.05, 4.69) is 13.8 Å². The molecule has 0 heterocycles. The van der Waals surface area contributed by atoms with Crippen LogP contribution >= 0.6 is 0 Å². The van der Waals surface area contributed by atoms with Gasteiger partial charge in [0.05, 0.1) is 0 Å². The number of carbonyl (C=O) groups is 3. The Labute approximate surface area is 144 Å². The number of rotatable bonds is 1. The van der Waals surface area contributed by atoms with E-state index < -0.39 is 0 Å². The number of Topliss-reactive ketones (excluding diaryl/α,β-unsaturated/α-hetero) is 3. The summed E-state index contributed by atoms with van der Waals surface area (Å²) in [5.41, 5.74) is -0.0959. The molecule has 0 radical (unpaired) electrons. The molecule has 0 aromatic heterocycles. The largest absolute Gasteiger partial charge is 0.300 e. The first kappa shape index (κ1) is 16.5. The Morgan fingerprint density at radius 3 is 2.50 bits per heavy atom. The summed E-state index contributed by atoms with van der Waals surface area (Å²) < 4.78 is 0. The van der Waals surface area contributed by atoms with Crippen molar-refractivity contribution in [2.75, 3.05) is 0 Å². The molecule has 24 heavy (non-hydrogen) atoms. The Kier molecular flexibility index (Phi) is 3.61. The quantitative estimate of drug-likeness (QED) is 0.730. The van der Waals surface area contributed by atoms with Crippen LogP contribution in [0.4, 0.5) is 0 Å². The third kappa shape index (κ3) is 2.05. The second-order valence-electron chi connectivity index (χ2n) is 9.66. The van der Waals surface area contributed by atoms with E-state index in [0.717, 1.165) is 32.1 Å². The first-order valence-electron chi connectivity index (χ1n) is 9.82. The fourth-order valence-corrected chi connectivity index (χ4v) is 7.53. The maximum atomic E-state index is 13.3. The minimum absolute atomic E-state index is 0.0174. The molecule has 0 spiro atoms. The molecule has 0 aromatic carbocycles. The molecular weight excluding hydrogens is 300 g/mol. The van der Waals surface area contributed by atoms with Crippen LogP contribution in [-0.2, 0) is 14.4 Å². The highest BCUT2D eigenvalue weighted by molar-refractivity contribution is 5.87. The lowest BCUT2D eigenvalue weighted by Crippen LogP contribution is -2.57. The lowest BCUT2D eigenvalue weighted by atomic mass is 9.44. The molecule has 0 saturated heterocycles. The number of hydrogen-bond acceptors (Lipinski definition) is 3. The molecule has 4 fully saturated rings. The molecule has 3 heteroatoms. The van der Waals surface area contributed by atoms with Crippen LogP contribution in [0.2, 0.25) is 0 Å². The van der Waals surface area contributed by atoms with Gasteiger partial charge in [-0.15, -0.1) is 0 Å². The molecule has 4 aliphatic rings. The first-order chi connectivity index (χ1) is 11.3. The van der Waals surface area contributed by atoms with Crippen LogP contribution in [-0.4, -0.2) is 17.3 Å². The van der Waals surface area contributed by atoms with E-state index in [-0.39, 0.29) is 28.4 Å². The second kappa shape index (κ2) is 5.25. The lowest BCUT2D eigenvalue weighted by molar-refractivity contribution is -0.161. The Hall–Kier alpha value is -0.990. The van der Waals surface area contributed by atoms with Gasteiger partial charge in [-0.2, -0.15) is 0 Å². The van der Waals surface area contributed by atoms with E-state index in [1.807, 2.05) is 0 Å². The van der Waals surface area contributed by atoms with E-state index in [4.69, 9.17) is 0 Å². The normalized spacial score (nSPS) is 50.9. The maximum Gasteiger partial charge on any atom is 0.137 e. The van der Waals surface area contributed by atoms with Gasteiger partial charge >= 0.3 is 0 Å². The third-order valence-electron chi connectivity index (χ3n) is 8.66. The molecule has 0 bridgehead atoms. The van der Waals surface area contributed by atoms with Crippen molar-refractivity contribution in [1.29, 1.82) is 0 Å². The van der Waals surface area contributed by atoms with Gasteiger partial charge < -0.3 is 0 Å². The maximum absolute atomic E-state index is 13.3. The van der Waals surface area contributed by atoms with Gasteiger partial charge in [0.15, 0.2) is 0 Å². The van der Waals surface area contributed by atoms with Gasteiger partial charge in [-0.05, 0) is 67.6 Å². The summed E-state index contributed by atoms with van der Waals surface area (Å²) in [4.78, 5) is 37.4. The molecule has 0 unspecified atom stereocenters. The predicted molar refractivity (Wildman–Crippen MR) is 91.3 cm³/mol. The zero-order valence-corrected chi connectivity index (χ0v) is 15.3. The SMILES string of the molecule is CC(=O)[C@@H]1CC[C@@H]2[C@H]3CC[C@@H]4CC(=O)CC[C@]4(C)[C@@H]3C(=O)C[C@]21C. The summed E-state index contributed by atoms with van der Waals surface area (Å²) in [6.45, 7) is 6.21. The smallest absolute Gasteiger partial charge is 0.137 e. The van der Waals surface area contributed by atoms with Crippen molar-refractivity contribution in [2.45, 2.75) is 72.1 Å². The van der Waals surface area contributed by atoms with Gasteiger partial charge in [0, 0.05) is 31.1 Å².